The Kier molecular flexibility index (Phi) is 5.17. The maximum absolute atomic E-state index is 13.1. The number of fused-ring (bicyclic) bond motifs is 2. The molecule has 0 radical (unpaired) electrons. The lowest BCUT2D eigenvalue weighted by Crippen LogP contribution is -2.49. The summed E-state index contributed by atoms with van der Waals surface area (Å²) in [4.78, 5) is 38.1. The molecule has 0 unspecified atom stereocenters. The smallest absolute Gasteiger partial charge is 0.349 e. The second-order valence-electron chi connectivity index (χ2n) is 8.37. The topological polar surface area (TPSA) is 110 Å². The summed E-state index contributed by atoms with van der Waals surface area (Å²) in [5, 5.41) is 9.35. The molecule has 0 bridgehead atoms. The number of piperazine rings is 1. The first-order valence-electron chi connectivity index (χ1n) is 11.3. The van der Waals surface area contributed by atoms with E-state index in [0.29, 0.717) is 55.3 Å². The molecule has 1 aliphatic rings. The standard InChI is InChI=1S/C25H21N7O3/c33-24(19-14-18-8-4-5-9-20(18)35-25(19)34)31-12-10-30(11-13-31)22-21-23(27-16-26-22)32(29-28-21)15-17-6-2-1-3-7-17/h1-9,14,16H,10-13,15H2. The number of rotatable bonds is 4. The van der Waals surface area contributed by atoms with Crippen LogP contribution in [0.25, 0.3) is 22.1 Å². The van der Waals surface area contributed by atoms with E-state index in [2.05, 4.69) is 25.2 Å². The predicted molar refractivity (Wildman–Crippen MR) is 129 cm³/mol. The number of nitrogens with zero attached hydrogens (tertiary/aromatic N) is 7. The van der Waals surface area contributed by atoms with E-state index in [1.807, 2.05) is 42.5 Å². The van der Waals surface area contributed by atoms with Crippen molar-refractivity contribution >= 4 is 33.9 Å². The predicted octanol–water partition coefficient (Wildman–Crippen LogP) is 2.34. The van der Waals surface area contributed by atoms with Crippen LogP contribution in [-0.2, 0) is 6.54 Å². The molecule has 4 heterocycles. The van der Waals surface area contributed by atoms with Gasteiger partial charge in [-0.05, 0) is 17.7 Å². The van der Waals surface area contributed by atoms with Crippen LogP contribution in [0, 0.1) is 0 Å². The number of aromatic nitrogens is 5. The van der Waals surface area contributed by atoms with Gasteiger partial charge < -0.3 is 14.2 Å². The van der Waals surface area contributed by atoms with Crippen molar-refractivity contribution in [2.75, 3.05) is 31.1 Å². The number of para-hydroxylation sites is 1. The third-order valence-electron chi connectivity index (χ3n) is 6.19. The van der Waals surface area contributed by atoms with Crippen LogP contribution in [0.1, 0.15) is 15.9 Å². The van der Waals surface area contributed by atoms with Crippen molar-refractivity contribution in [1.82, 2.24) is 29.9 Å². The number of anilines is 1. The molecule has 174 valence electrons. The Morgan fingerprint density at radius 2 is 1.71 bits per heavy atom. The van der Waals surface area contributed by atoms with Gasteiger partial charge in [0.2, 0.25) is 0 Å². The molecule has 0 aliphatic carbocycles. The zero-order valence-electron chi connectivity index (χ0n) is 18.7. The first kappa shape index (κ1) is 21.0. The molecule has 1 aliphatic heterocycles. The monoisotopic (exact) mass is 467 g/mol. The second kappa shape index (κ2) is 8.64. The fraction of sp³-hybridized carbons (Fsp3) is 0.200. The van der Waals surface area contributed by atoms with E-state index >= 15 is 0 Å². The first-order valence-corrected chi connectivity index (χ1v) is 11.3. The normalized spacial score (nSPS) is 14.1. The lowest BCUT2D eigenvalue weighted by atomic mass is 10.1. The zero-order chi connectivity index (χ0) is 23.8. The minimum Gasteiger partial charge on any atom is -0.422 e. The lowest BCUT2D eigenvalue weighted by molar-refractivity contribution is 0.0742. The van der Waals surface area contributed by atoms with Gasteiger partial charge in [-0.25, -0.2) is 19.4 Å². The van der Waals surface area contributed by atoms with Crippen LogP contribution >= 0.6 is 0 Å². The van der Waals surface area contributed by atoms with Gasteiger partial charge in [0.05, 0.1) is 6.54 Å². The fourth-order valence-electron chi connectivity index (χ4n) is 4.38. The van der Waals surface area contributed by atoms with Gasteiger partial charge in [0.25, 0.3) is 5.91 Å². The van der Waals surface area contributed by atoms with Crippen LogP contribution in [0.3, 0.4) is 0 Å². The average molecular weight is 467 g/mol. The summed E-state index contributed by atoms with van der Waals surface area (Å²) in [6.45, 7) is 2.53. The van der Waals surface area contributed by atoms with E-state index in [4.69, 9.17) is 4.42 Å². The Morgan fingerprint density at radius 3 is 2.54 bits per heavy atom. The molecular weight excluding hydrogens is 446 g/mol. The van der Waals surface area contributed by atoms with Gasteiger partial charge in [0.1, 0.15) is 17.5 Å². The van der Waals surface area contributed by atoms with Crippen molar-refractivity contribution in [1.29, 1.82) is 0 Å². The molecule has 1 amide bonds. The van der Waals surface area contributed by atoms with Gasteiger partial charge in [0, 0.05) is 31.6 Å². The van der Waals surface area contributed by atoms with E-state index in [-0.39, 0.29) is 11.5 Å². The van der Waals surface area contributed by atoms with E-state index in [1.54, 1.807) is 27.8 Å². The highest BCUT2D eigenvalue weighted by Gasteiger charge is 2.27. The summed E-state index contributed by atoms with van der Waals surface area (Å²) in [6, 6.07) is 18.8. The largest absolute Gasteiger partial charge is 0.422 e. The summed E-state index contributed by atoms with van der Waals surface area (Å²) >= 11 is 0. The Balaban J connectivity index is 1.20. The van der Waals surface area contributed by atoms with Crippen LogP contribution < -0.4 is 10.5 Å². The molecule has 3 aromatic heterocycles. The number of amides is 1. The van der Waals surface area contributed by atoms with Crippen molar-refractivity contribution < 1.29 is 9.21 Å². The Bertz CT molecular complexity index is 1590. The summed E-state index contributed by atoms with van der Waals surface area (Å²) in [5.41, 5.74) is 2.27. The highest BCUT2D eigenvalue weighted by molar-refractivity contribution is 5.96. The maximum atomic E-state index is 13.1. The SMILES string of the molecule is O=C(c1cc2ccccc2oc1=O)N1CCN(c2ncnc3c2nnn3Cc2ccccc2)CC1. The van der Waals surface area contributed by atoms with Crippen LogP contribution in [0.2, 0.25) is 0 Å². The highest BCUT2D eigenvalue weighted by Crippen LogP contribution is 2.23. The van der Waals surface area contributed by atoms with E-state index in [0.717, 1.165) is 10.9 Å². The van der Waals surface area contributed by atoms with Crippen LogP contribution in [0.4, 0.5) is 5.82 Å². The summed E-state index contributed by atoms with van der Waals surface area (Å²) in [6.07, 6.45) is 1.51. The second-order valence-corrected chi connectivity index (χ2v) is 8.37. The number of benzene rings is 2. The van der Waals surface area contributed by atoms with Crippen LogP contribution in [0.5, 0.6) is 0 Å². The lowest BCUT2D eigenvalue weighted by Gasteiger charge is -2.35. The van der Waals surface area contributed by atoms with Crippen molar-refractivity contribution in [3.8, 4) is 0 Å². The zero-order valence-corrected chi connectivity index (χ0v) is 18.7. The molecule has 6 rings (SSSR count). The molecule has 0 atom stereocenters. The Labute approximate surface area is 199 Å². The van der Waals surface area contributed by atoms with E-state index in [9.17, 15) is 9.59 Å². The number of hydrogen-bond donors (Lipinski definition) is 0. The average Bonchev–Trinajstić information content (AvgIpc) is 3.31. The van der Waals surface area contributed by atoms with Gasteiger partial charge in [-0.3, -0.25) is 4.79 Å². The van der Waals surface area contributed by atoms with Gasteiger partial charge in [-0.15, -0.1) is 5.10 Å². The van der Waals surface area contributed by atoms with Crippen molar-refractivity contribution in [2.45, 2.75) is 6.54 Å². The number of carbonyl (C=O) groups is 1. The van der Waals surface area contributed by atoms with Crippen LogP contribution in [-0.4, -0.2) is 61.9 Å². The minimum atomic E-state index is -0.622. The van der Waals surface area contributed by atoms with Gasteiger partial charge in [-0.1, -0.05) is 53.7 Å². The maximum Gasteiger partial charge on any atom is 0.349 e. The van der Waals surface area contributed by atoms with Crippen molar-refractivity contribution in [3.05, 3.63) is 88.5 Å². The fourth-order valence-corrected chi connectivity index (χ4v) is 4.38. The molecule has 5 aromatic rings. The van der Waals surface area contributed by atoms with Gasteiger partial charge >= 0.3 is 5.63 Å². The molecule has 0 spiro atoms. The van der Waals surface area contributed by atoms with Crippen molar-refractivity contribution in [3.63, 3.8) is 0 Å². The van der Waals surface area contributed by atoms with Crippen molar-refractivity contribution in [2.24, 2.45) is 0 Å². The van der Waals surface area contributed by atoms with Gasteiger partial charge in [-0.2, -0.15) is 0 Å². The molecule has 0 N–H and O–H groups in total. The molecule has 0 saturated carbocycles. The Hall–Kier alpha value is -4.60. The highest BCUT2D eigenvalue weighted by atomic mass is 16.4. The summed E-state index contributed by atoms with van der Waals surface area (Å²) in [5.74, 6) is 0.359. The third-order valence-corrected chi connectivity index (χ3v) is 6.19. The molecule has 10 heteroatoms. The minimum absolute atomic E-state index is 0.0467. The first-order chi connectivity index (χ1) is 17.2. The third kappa shape index (κ3) is 3.88. The van der Waals surface area contributed by atoms with E-state index in [1.165, 1.54) is 6.33 Å². The van der Waals surface area contributed by atoms with E-state index < -0.39 is 5.63 Å². The summed E-state index contributed by atoms with van der Waals surface area (Å²) < 4.78 is 7.10. The molecule has 1 saturated heterocycles. The summed E-state index contributed by atoms with van der Waals surface area (Å²) in [7, 11) is 0. The quantitative estimate of drug-likeness (QED) is 0.371. The molecule has 35 heavy (non-hydrogen) atoms. The molecule has 1 fully saturated rings. The molecular formula is C25H21N7O3. The number of hydrogen-bond acceptors (Lipinski definition) is 8. The Morgan fingerprint density at radius 1 is 0.943 bits per heavy atom. The number of carbonyl (C=O) groups excluding carboxylic acids is 1. The van der Waals surface area contributed by atoms with Gasteiger partial charge in [0.15, 0.2) is 17.0 Å². The molecule has 2 aromatic carbocycles. The van der Waals surface area contributed by atoms with Crippen LogP contribution in [0.15, 0.2) is 76.2 Å². The molecule has 10 nitrogen and oxygen atoms in total.